The van der Waals surface area contributed by atoms with Crippen molar-refractivity contribution in [2.45, 2.75) is 45.1 Å². The van der Waals surface area contributed by atoms with E-state index >= 15 is 0 Å². The normalized spacial score (nSPS) is 15.9. The monoisotopic (exact) mass is 352 g/mol. The van der Waals surface area contributed by atoms with Crippen LogP contribution in [0.3, 0.4) is 0 Å². The second-order valence-electron chi connectivity index (χ2n) is 7.06. The number of likely N-dealkylation sites (tertiary alicyclic amines) is 1. The Hall–Kier alpha value is -1.75. The third-order valence-electron chi connectivity index (χ3n) is 3.97. The molecular weight excluding hydrogens is 328 g/mol. The highest BCUT2D eigenvalue weighted by Gasteiger charge is 2.24. The van der Waals surface area contributed by atoms with Gasteiger partial charge in [0, 0.05) is 18.1 Å². The van der Waals surface area contributed by atoms with Crippen LogP contribution in [0.25, 0.3) is 0 Å². The van der Waals surface area contributed by atoms with Gasteiger partial charge in [-0.25, -0.2) is 4.79 Å². The van der Waals surface area contributed by atoms with E-state index in [1.54, 1.807) is 25.7 Å². The number of nitrogens with zero attached hydrogens (tertiary/aromatic N) is 1. The zero-order valence-corrected chi connectivity index (χ0v) is 15.2. The maximum absolute atomic E-state index is 12.2. The summed E-state index contributed by atoms with van der Waals surface area (Å²) in [5.41, 5.74) is 0.697. The summed E-state index contributed by atoms with van der Waals surface area (Å²) < 4.78 is 5.13. The van der Waals surface area contributed by atoms with Crippen LogP contribution in [0.2, 0.25) is 5.02 Å². The zero-order valence-electron chi connectivity index (χ0n) is 14.5. The highest BCUT2D eigenvalue weighted by molar-refractivity contribution is 6.30. The first-order chi connectivity index (χ1) is 11.2. The Bertz CT molecular complexity index is 573. The summed E-state index contributed by atoms with van der Waals surface area (Å²) >= 11 is 5.92. The fourth-order valence-electron chi connectivity index (χ4n) is 2.77. The Morgan fingerprint density at radius 3 is 2.33 bits per heavy atom. The minimum Gasteiger partial charge on any atom is -0.444 e. The summed E-state index contributed by atoms with van der Waals surface area (Å²) in [6.45, 7) is 6.73. The van der Waals surface area contributed by atoms with Crippen LogP contribution < -0.4 is 5.32 Å². The van der Waals surface area contributed by atoms with Crippen LogP contribution in [0.4, 0.5) is 4.79 Å². The highest BCUT2D eigenvalue weighted by atomic mass is 35.5. The maximum atomic E-state index is 12.2. The summed E-state index contributed by atoms with van der Waals surface area (Å²) in [6.07, 6.45) is 1.27. The van der Waals surface area contributed by atoms with E-state index in [9.17, 15) is 9.59 Å². The molecule has 0 aromatic heterocycles. The van der Waals surface area contributed by atoms with Crippen molar-refractivity contribution in [2.24, 2.45) is 0 Å². The number of hydrogen-bond acceptors (Lipinski definition) is 3. The molecule has 0 saturated carbocycles. The number of carbonyl (C=O) groups is 2. The third kappa shape index (κ3) is 5.71. The number of halogens is 1. The molecule has 5 nitrogen and oxygen atoms in total. The van der Waals surface area contributed by atoms with Crippen molar-refractivity contribution in [3.8, 4) is 0 Å². The fourth-order valence-corrected chi connectivity index (χ4v) is 2.90. The lowest BCUT2D eigenvalue weighted by Gasteiger charge is -2.32. The Morgan fingerprint density at radius 1 is 1.21 bits per heavy atom. The second kappa shape index (κ2) is 7.88. The largest absolute Gasteiger partial charge is 0.444 e. The van der Waals surface area contributed by atoms with Gasteiger partial charge in [0.2, 0.25) is 5.91 Å². The average Bonchev–Trinajstić information content (AvgIpc) is 2.52. The molecular formula is C18H25ClN2O3. The summed E-state index contributed by atoms with van der Waals surface area (Å²) in [5.74, 6) is 0.376. The van der Waals surface area contributed by atoms with E-state index in [-0.39, 0.29) is 12.5 Å². The van der Waals surface area contributed by atoms with Crippen LogP contribution in [0, 0.1) is 0 Å². The molecule has 1 saturated heterocycles. The van der Waals surface area contributed by atoms with Gasteiger partial charge in [0.15, 0.2) is 0 Å². The number of alkyl carbamates (subject to hydrolysis) is 1. The Labute approximate surface area is 148 Å². The van der Waals surface area contributed by atoms with Gasteiger partial charge >= 0.3 is 6.09 Å². The summed E-state index contributed by atoms with van der Waals surface area (Å²) in [4.78, 5) is 25.6. The minimum absolute atomic E-state index is 0.0273. The van der Waals surface area contributed by atoms with Crippen molar-refractivity contribution >= 4 is 23.6 Å². The predicted octanol–water partition coefficient (Wildman–Crippen LogP) is 3.57. The molecule has 132 valence electrons. The minimum atomic E-state index is -0.565. The van der Waals surface area contributed by atoms with Gasteiger partial charge in [0.1, 0.15) is 12.1 Å². The zero-order chi connectivity index (χ0) is 17.7. The first kappa shape index (κ1) is 18.6. The van der Waals surface area contributed by atoms with Crippen molar-refractivity contribution in [1.82, 2.24) is 10.2 Å². The molecule has 0 unspecified atom stereocenters. The van der Waals surface area contributed by atoms with Crippen LogP contribution >= 0.6 is 11.6 Å². The molecule has 6 heteroatoms. The van der Waals surface area contributed by atoms with E-state index in [0.717, 1.165) is 17.9 Å². The number of amides is 2. The van der Waals surface area contributed by atoms with E-state index in [2.05, 4.69) is 17.4 Å². The second-order valence-corrected chi connectivity index (χ2v) is 7.50. The lowest BCUT2D eigenvalue weighted by molar-refractivity contribution is -0.131. The van der Waals surface area contributed by atoms with Gasteiger partial charge < -0.3 is 15.0 Å². The molecule has 0 spiro atoms. The smallest absolute Gasteiger partial charge is 0.408 e. The van der Waals surface area contributed by atoms with Gasteiger partial charge in [0.25, 0.3) is 0 Å². The Kier molecular flexibility index (Phi) is 6.10. The maximum Gasteiger partial charge on any atom is 0.408 e. The molecule has 2 amide bonds. The molecule has 0 radical (unpaired) electrons. The van der Waals surface area contributed by atoms with Gasteiger partial charge in [0.05, 0.1) is 0 Å². The summed E-state index contributed by atoms with van der Waals surface area (Å²) in [6, 6.07) is 7.90. The molecule has 1 aliphatic rings. The third-order valence-corrected chi connectivity index (χ3v) is 4.22. The van der Waals surface area contributed by atoms with Crippen LogP contribution in [0.15, 0.2) is 24.3 Å². The van der Waals surface area contributed by atoms with Crippen molar-refractivity contribution in [3.63, 3.8) is 0 Å². The lowest BCUT2D eigenvalue weighted by atomic mass is 9.89. The fraction of sp³-hybridized carbons (Fsp3) is 0.556. The number of rotatable bonds is 3. The highest BCUT2D eigenvalue weighted by Crippen LogP contribution is 2.28. The van der Waals surface area contributed by atoms with Crippen molar-refractivity contribution in [1.29, 1.82) is 0 Å². The number of benzene rings is 1. The molecule has 1 N–H and O–H groups in total. The molecule has 0 bridgehead atoms. The van der Waals surface area contributed by atoms with Crippen molar-refractivity contribution in [3.05, 3.63) is 34.9 Å². The Balaban J connectivity index is 1.76. The number of nitrogens with one attached hydrogen (secondary N) is 1. The van der Waals surface area contributed by atoms with Crippen LogP contribution in [0.5, 0.6) is 0 Å². The summed E-state index contributed by atoms with van der Waals surface area (Å²) in [5, 5.41) is 3.25. The van der Waals surface area contributed by atoms with Crippen molar-refractivity contribution < 1.29 is 14.3 Å². The molecule has 2 rings (SSSR count). The standard InChI is InChI=1S/C18H25ClN2O3/c1-18(2,3)24-17(23)20-12-16(22)21-10-8-14(9-11-21)13-4-6-15(19)7-5-13/h4-7,14H,8-12H2,1-3H3,(H,20,23). The molecule has 1 aromatic carbocycles. The van der Waals surface area contributed by atoms with Crippen LogP contribution in [-0.2, 0) is 9.53 Å². The first-order valence-corrected chi connectivity index (χ1v) is 8.62. The number of piperidine rings is 1. The van der Waals surface area contributed by atoms with E-state index < -0.39 is 11.7 Å². The SMILES string of the molecule is CC(C)(C)OC(=O)NCC(=O)N1CCC(c2ccc(Cl)cc2)CC1. The van der Waals surface area contributed by atoms with Crippen LogP contribution in [0.1, 0.15) is 45.1 Å². The van der Waals surface area contributed by atoms with E-state index in [4.69, 9.17) is 16.3 Å². The van der Waals surface area contributed by atoms with Gasteiger partial charge in [-0.1, -0.05) is 23.7 Å². The predicted molar refractivity (Wildman–Crippen MR) is 94.2 cm³/mol. The van der Waals surface area contributed by atoms with Crippen molar-refractivity contribution in [2.75, 3.05) is 19.6 Å². The number of carbonyl (C=O) groups excluding carboxylic acids is 2. The van der Waals surface area contributed by atoms with Gasteiger partial charge in [-0.05, 0) is 57.2 Å². The molecule has 24 heavy (non-hydrogen) atoms. The molecule has 1 aromatic rings. The molecule has 0 aliphatic carbocycles. The Morgan fingerprint density at radius 2 is 1.79 bits per heavy atom. The topological polar surface area (TPSA) is 58.6 Å². The number of ether oxygens (including phenoxy) is 1. The summed E-state index contributed by atoms with van der Waals surface area (Å²) in [7, 11) is 0. The molecule has 0 atom stereocenters. The lowest BCUT2D eigenvalue weighted by Crippen LogP contribution is -2.44. The van der Waals surface area contributed by atoms with Gasteiger partial charge in [-0.15, -0.1) is 0 Å². The first-order valence-electron chi connectivity index (χ1n) is 8.25. The molecule has 1 heterocycles. The van der Waals surface area contributed by atoms with Gasteiger partial charge in [-0.2, -0.15) is 0 Å². The van der Waals surface area contributed by atoms with Crippen LogP contribution in [-0.4, -0.2) is 42.1 Å². The molecule has 1 aliphatic heterocycles. The average molecular weight is 353 g/mol. The molecule has 1 fully saturated rings. The van der Waals surface area contributed by atoms with E-state index in [0.29, 0.717) is 19.0 Å². The van der Waals surface area contributed by atoms with E-state index in [1.165, 1.54) is 5.56 Å². The number of hydrogen-bond donors (Lipinski definition) is 1. The quantitative estimate of drug-likeness (QED) is 0.904. The van der Waals surface area contributed by atoms with Gasteiger partial charge in [-0.3, -0.25) is 4.79 Å². The van der Waals surface area contributed by atoms with E-state index in [1.807, 2.05) is 12.1 Å².